The van der Waals surface area contributed by atoms with Crippen LogP contribution in [0.4, 0.5) is 0 Å². The SMILES string of the molecule is CC(=O)OC1CCCN(C)C1C(c1ccccc1)c1ccccc1.Cl.O. The predicted octanol–water partition coefficient (Wildman–Crippen LogP) is 3.44. The van der Waals surface area contributed by atoms with Gasteiger partial charge in [0.1, 0.15) is 6.10 Å². The zero-order chi connectivity index (χ0) is 16.9. The first-order valence-corrected chi connectivity index (χ1v) is 8.64. The number of carbonyl (C=O) groups excluding carboxylic acids is 1. The molecule has 2 aromatic carbocycles. The number of piperidine rings is 1. The van der Waals surface area contributed by atoms with E-state index in [4.69, 9.17) is 4.74 Å². The number of hydrogen-bond donors (Lipinski definition) is 0. The van der Waals surface area contributed by atoms with Gasteiger partial charge in [-0.15, -0.1) is 12.4 Å². The van der Waals surface area contributed by atoms with Gasteiger partial charge in [-0.2, -0.15) is 0 Å². The fraction of sp³-hybridized carbons (Fsp3) is 0.381. The van der Waals surface area contributed by atoms with E-state index < -0.39 is 0 Å². The van der Waals surface area contributed by atoms with Crippen LogP contribution in [0.3, 0.4) is 0 Å². The molecule has 2 N–H and O–H groups in total. The molecule has 2 atom stereocenters. The fourth-order valence-corrected chi connectivity index (χ4v) is 3.86. The molecule has 0 aliphatic carbocycles. The van der Waals surface area contributed by atoms with Crippen LogP contribution >= 0.6 is 12.4 Å². The fourth-order valence-electron chi connectivity index (χ4n) is 3.86. The van der Waals surface area contributed by atoms with Crippen LogP contribution in [0.15, 0.2) is 60.7 Å². The number of esters is 1. The van der Waals surface area contributed by atoms with E-state index >= 15 is 0 Å². The highest BCUT2D eigenvalue weighted by Crippen LogP contribution is 2.36. The molecule has 3 rings (SSSR count). The van der Waals surface area contributed by atoms with Gasteiger partial charge >= 0.3 is 5.97 Å². The number of rotatable bonds is 4. The number of likely N-dealkylation sites (tertiary alicyclic amines) is 1. The Labute approximate surface area is 161 Å². The zero-order valence-corrected chi connectivity index (χ0v) is 16.1. The van der Waals surface area contributed by atoms with Crippen LogP contribution in [0, 0.1) is 0 Å². The Kier molecular flexibility index (Phi) is 8.79. The van der Waals surface area contributed by atoms with Gasteiger partial charge in [0.25, 0.3) is 0 Å². The van der Waals surface area contributed by atoms with Crippen molar-refractivity contribution in [3.63, 3.8) is 0 Å². The van der Waals surface area contributed by atoms with E-state index in [9.17, 15) is 4.79 Å². The van der Waals surface area contributed by atoms with Gasteiger partial charge in [-0.1, -0.05) is 60.7 Å². The van der Waals surface area contributed by atoms with E-state index in [0.29, 0.717) is 0 Å². The second kappa shape index (κ2) is 10.3. The van der Waals surface area contributed by atoms with Crippen LogP contribution in [0.25, 0.3) is 0 Å². The van der Waals surface area contributed by atoms with Gasteiger partial charge < -0.3 is 10.2 Å². The third kappa shape index (κ3) is 5.07. The van der Waals surface area contributed by atoms with Crippen molar-refractivity contribution in [1.82, 2.24) is 4.90 Å². The van der Waals surface area contributed by atoms with Gasteiger partial charge in [0, 0.05) is 12.8 Å². The second-order valence-corrected chi connectivity index (χ2v) is 6.56. The minimum Gasteiger partial charge on any atom is -0.461 e. The lowest BCUT2D eigenvalue weighted by Crippen LogP contribution is -2.51. The van der Waals surface area contributed by atoms with Crippen LogP contribution in [-0.4, -0.2) is 42.1 Å². The number of benzene rings is 2. The molecule has 2 aromatic rings. The summed E-state index contributed by atoms with van der Waals surface area (Å²) in [7, 11) is 2.14. The van der Waals surface area contributed by atoms with Crippen molar-refractivity contribution in [3.05, 3.63) is 71.8 Å². The number of carbonyl (C=O) groups is 1. The van der Waals surface area contributed by atoms with Crippen molar-refractivity contribution in [3.8, 4) is 0 Å². The van der Waals surface area contributed by atoms with E-state index in [-0.39, 0.29) is 41.9 Å². The number of likely N-dealkylation sites (N-methyl/N-ethyl adjacent to an activating group) is 1. The van der Waals surface area contributed by atoms with Gasteiger partial charge in [0.15, 0.2) is 0 Å². The van der Waals surface area contributed by atoms with E-state index in [1.807, 2.05) is 12.1 Å². The first-order valence-electron chi connectivity index (χ1n) is 8.64. The Morgan fingerprint density at radius 2 is 1.54 bits per heavy atom. The van der Waals surface area contributed by atoms with Gasteiger partial charge in [0.05, 0.1) is 6.04 Å². The van der Waals surface area contributed by atoms with Crippen molar-refractivity contribution in [2.75, 3.05) is 13.6 Å². The Morgan fingerprint density at radius 1 is 1.04 bits per heavy atom. The Hall–Kier alpha value is -1.88. The number of hydrogen-bond acceptors (Lipinski definition) is 3. The van der Waals surface area contributed by atoms with Crippen molar-refractivity contribution in [1.29, 1.82) is 0 Å². The van der Waals surface area contributed by atoms with Crippen LogP contribution < -0.4 is 0 Å². The molecule has 142 valence electrons. The van der Waals surface area contributed by atoms with Crippen LogP contribution in [-0.2, 0) is 9.53 Å². The summed E-state index contributed by atoms with van der Waals surface area (Å²) in [6.07, 6.45) is 1.90. The summed E-state index contributed by atoms with van der Waals surface area (Å²) in [6, 6.07) is 21.2. The molecule has 1 aliphatic heterocycles. The molecule has 1 saturated heterocycles. The zero-order valence-electron chi connectivity index (χ0n) is 15.3. The summed E-state index contributed by atoms with van der Waals surface area (Å²) in [6.45, 7) is 2.53. The van der Waals surface area contributed by atoms with Gasteiger partial charge in [-0.25, -0.2) is 0 Å². The maximum absolute atomic E-state index is 11.6. The van der Waals surface area contributed by atoms with Crippen molar-refractivity contribution in [2.24, 2.45) is 0 Å². The Balaban J connectivity index is 0.00000169. The molecular formula is C21H28ClNO3. The summed E-state index contributed by atoms with van der Waals surface area (Å²) in [5, 5.41) is 0. The average Bonchev–Trinajstić information content (AvgIpc) is 2.59. The lowest BCUT2D eigenvalue weighted by atomic mass is 9.79. The number of ether oxygens (including phenoxy) is 1. The van der Waals surface area contributed by atoms with Gasteiger partial charge in [-0.3, -0.25) is 9.69 Å². The largest absolute Gasteiger partial charge is 0.461 e. The molecule has 4 nitrogen and oxygen atoms in total. The normalized spacial score (nSPS) is 20.0. The molecule has 5 heteroatoms. The van der Waals surface area contributed by atoms with Crippen LogP contribution in [0.2, 0.25) is 0 Å². The maximum Gasteiger partial charge on any atom is 0.302 e. The maximum atomic E-state index is 11.6. The standard InChI is InChI=1S/C21H25NO2.ClH.H2O/c1-16(23)24-19-14-9-15-22(2)21(19)20(17-10-5-3-6-11-17)18-12-7-4-8-13-18;;/h3-8,10-13,19-21H,9,14-15H2,1-2H3;1H;1H2. The number of nitrogens with zero attached hydrogens (tertiary/aromatic N) is 1. The molecule has 26 heavy (non-hydrogen) atoms. The van der Waals surface area contributed by atoms with Crippen LogP contribution in [0.1, 0.15) is 36.8 Å². The Morgan fingerprint density at radius 3 is 2.00 bits per heavy atom. The van der Waals surface area contributed by atoms with Crippen molar-refractivity contribution >= 4 is 18.4 Å². The molecular weight excluding hydrogens is 350 g/mol. The topological polar surface area (TPSA) is 61.0 Å². The molecule has 0 spiro atoms. The first-order chi connectivity index (χ1) is 11.7. The quantitative estimate of drug-likeness (QED) is 0.767. The van der Waals surface area contributed by atoms with E-state index in [0.717, 1.165) is 19.4 Å². The molecule has 1 fully saturated rings. The average molecular weight is 378 g/mol. The third-order valence-corrected chi connectivity index (χ3v) is 4.87. The minimum atomic E-state index is -0.194. The lowest BCUT2D eigenvalue weighted by Gasteiger charge is -2.43. The summed E-state index contributed by atoms with van der Waals surface area (Å²) < 4.78 is 5.72. The highest BCUT2D eigenvalue weighted by molar-refractivity contribution is 5.85. The summed E-state index contributed by atoms with van der Waals surface area (Å²) in [5.41, 5.74) is 2.53. The predicted molar refractivity (Wildman–Crippen MR) is 107 cm³/mol. The molecule has 0 bridgehead atoms. The molecule has 1 heterocycles. The number of halogens is 1. The second-order valence-electron chi connectivity index (χ2n) is 6.56. The first kappa shape index (κ1) is 22.2. The van der Waals surface area contributed by atoms with Crippen molar-refractivity contribution < 1.29 is 15.0 Å². The molecule has 0 amide bonds. The van der Waals surface area contributed by atoms with E-state index in [1.54, 1.807) is 0 Å². The molecule has 1 aliphatic rings. The molecule has 0 aromatic heterocycles. The molecule has 2 unspecified atom stereocenters. The monoisotopic (exact) mass is 377 g/mol. The highest BCUT2D eigenvalue weighted by Gasteiger charge is 2.38. The summed E-state index contributed by atoms with van der Waals surface area (Å²) >= 11 is 0. The van der Waals surface area contributed by atoms with Crippen molar-refractivity contribution in [2.45, 2.75) is 37.8 Å². The third-order valence-electron chi connectivity index (χ3n) is 4.87. The van der Waals surface area contributed by atoms with E-state index in [1.165, 1.54) is 18.1 Å². The van der Waals surface area contributed by atoms with E-state index in [2.05, 4.69) is 60.5 Å². The highest BCUT2D eigenvalue weighted by atomic mass is 35.5. The molecule has 0 radical (unpaired) electrons. The van der Waals surface area contributed by atoms with Crippen LogP contribution in [0.5, 0.6) is 0 Å². The minimum absolute atomic E-state index is 0. The Bertz CT molecular complexity index is 626. The smallest absolute Gasteiger partial charge is 0.302 e. The summed E-state index contributed by atoms with van der Waals surface area (Å²) in [5.74, 6) is -0.0118. The van der Waals surface area contributed by atoms with Gasteiger partial charge in [-0.05, 0) is 37.6 Å². The molecule has 0 saturated carbocycles. The lowest BCUT2D eigenvalue weighted by molar-refractivity contribution is -0.152. The summed E-state index contributed by atoms with van der Waals surface area (Å²) in [4.78, 5) is 14.0. The van der Waals surface area contributed by atoms with Gasteiger partial charge in [0.2, 0.25) is 0 Å².